The summed E-state index contributed by atoms with van der Waals surface area (Å²) in [7, 11) is 0. The van der Waals surface area contributed by atoms with Gasteiger partial charge in [0.25, 0.3) is 0 Å². The van der Waals surface area contributed by atoms with Crippen molar-refractivity contribution in [2.45, 2.75) is 64.5 Å². The second-order valence-corrected chi connectivity index (χ2v) is 5.72. The topological polar surface area (TPSA) is 41.0 Å². The van der Waals surface area contributed by atoms with Crippen LogP contribution < -0.4 is 10.2 Å². The zero-order valence-corrected chi connectivity index (χ0v) is 12.9. The third-order valence-electron chi connectivity index (χ3n) is 4.20. The highest BCUT2D eigenvalue weighted by Crippen LogP contribution is 2.17. The summed E-state index contributed by atoms with van der Waals surface area (Å²) in [5.41, 5.74) is 0. The average molecular weight is 276 g/mol. The maximum atomic E-state index is 4.34. The molecule has 0 aromatic carbocycles. The Morgan fingerprint density at radius 3 is 2.55 bits per heavy atom. The highest BCUT2D eigenvalue weighted by Gasteiger charge is 2.22. The zero-order chi connectivity index (χ0) is 14.2. The normalized spacial score (nSPS) is 18.2. The number of hydrogen-bond acceptors (Lipinski definition) is 4. The highest BCUT2D eigenvalue weighted by atomic mass is 15.3. The summed E-state index contributed by atoms with van der Waals surface area (Å²) in [5.74, 6) is 0.879. The number of nitrogens with one attached hydrogen (secondary N) is 1. The van der Waals surface area contributed by atoms with Crippen molar-refractivity contribution in [2.75, 3.05) is 18.0 Å². The van der Waals surface area contributed by atoms with E-state index in [0.29, 0.717) is 12.1 Å². The van der Waals surface area contributed by atoms with Gasteiger partial charge in [-0.2, -0.15) is 0 Å². The molecule has 1 saturated heterocycles. The van der Waals surface area contributed by atoms with Gasteiger partial charge in [0.15, 0.2) is 0 Å². The predicted octanol–water partition coefficient (Wildman–Crippen LogP) is 3.00. The Kier molecular flexibility index (Phi) is 6.25. The summed E-state index contributed by atoms with van der Waals surface area (Å²) in [6.07, 6.45) is 11.2. The molecule has 1 N–H and O–H groups in total. The molecule has 1 fully saturated rings. The molecule has 112 valence electrons. The van der Waals surface area contributed by atoms with Gasteiger partial charge in [-0.05, 0) is 31.7 Å². The van der Waals surface area contributed by atoms with E-state index in [1.54, 1.807) is 0 Å². The first-order valence-electron chi connectivity index (χ1n) is 8.11. The molecule has 0 amide bonds. The smallest absolute Gasteiger partial charge is 0.225 e. The first-order valence-corrected chi connectivity index (χ1v) is 8.11. The molecular formula is C16H28N4. The molecule has 2 heterocycles. The lowest BCUT2D eigenvalue weighted by Gasteiger charge is -2.34. The van der Waals surface area contributed by atoms with E-state index in [1.807, 2.05) is 18.5 Å². The monoisotopic (exact) mass is 276 g/mol. The van der Waals surface area contributed by atoms with Crippen molar-refractivity contribution in [1.29, 1.82) is 0 Å². The maximum Gasteiger partial charge on any atom is 0.225 e. The van der Waals surface area contributed by atoms with E-state index in [0.717, 1.165) is 19.0 Å². The van der Waals surface area contributed by atoms with Crippen LogP contribution in [0.5, 0.6) is 0 Å². The summed E-state index contributed by atoms with van der Waals surface area (Å²) in [6.45, 7) is 6.68. The van der Waals surface area contributed by atoms with E-state index in [9.17, 15) is 0 Å². The van der Waals surface area contributed by atoms with Crippen LogP contribution in [-0.4, -0.2) is 35.1 Å². The third-order valence-corrected chi connectivity index (χ3v) is 4.20. The molecule has 0 bridgehead atoms. The van der Waals surface area contributed by atoms with Gasteiger partial charge in [-0.3, -0.25) is 0 Å². The number of anilines is 1. The Hall–Kier alpha value is -1.16. The molecule has 1 atom stereocenters. The first kappa shape index (κ1) is 15.2. The van der Waals surface area contributed by atoms with Crippen LogP contribution in [0.15, 0.2) is 18.5 Å². The van der Waals surface area contributed by atoms with E-state index < -0.39 is 0 Å². The fourth-order valence-corrected chi connectivity index (χ4v) is 2.89. The maximum absolute atomic E-state index is 4.34. The van der Waals surface area contributed by atoms with Crippen LogP contribution in [0.4, 0.5) is 5.95 Å². The molecular weight excluding hydrogens is 248 g/mol. The van der Waals surface area contributed by atoms with Crippen LogP contribution in [0.2, 0.25) is 0 Å². The predicted molar refractivity (Wildman–Crippen MR) is 84.0 cm³/mol. The summed E-state index contributed by atoms with van der Waals surface area (Å²) >= 11 is 0. The number of unbranched alkanes of at least 4 members (excludes halogenated alkanes) is 1. The van der Waals surface area contributed by atoms with Crippen LogP contribution in [-0.2, 0) is 0 Å². The van der Waals surface area contributed by atoms with Crippen LogP contribution >= 0.6 is 0 Å². The van der Waals surface area contributed by atoms with Crippen LogP contribution in [0.1, 0.15) is 52.4 Å². The first-order chi connectivity index (χ1) is 9.83. The van der Waals surface area contributed by atoms with Crippen LogP contribution in [0.3, 0.4) is 0 Å². The molecule has 1 aliphatic rings. The summed E-state index contributed by atoms with van der Waals surface area (Å²) in [6, 6.07) is 3.23. The van der Waals surface area contributed by atoms with Gasteiger partial charge in [0.05, 0.1) is 0 Å². The molecule has 4 nitrogen and oxygen atoms in total. The van der Waals surface area contributed by atoms with Crippen LogP contribution in [0, 0.1) is 0 Å². The van der Waals surface area contributed by atoms with E-state index in [4.69, 9.17) is 0 Å². The molecule has 1 aromatic rings. The van der Waals surface area contributed by atoms with Gasteiger partial charge >= 0.3 is 0 Å². The van der Waals surface area contributed by atoms with Crippen molar-refractivity contribution in [1.82, 2.24) is 15.3 Å². The van der Waals surface area contributed by atoms with Crippen molar-refractivity contribution in [2.24, 2.45) is 0 Å². The van der Waals surface area contributed by atoms with E-state index >= 15 is 0 Å². The zero-order valence-electron chi connectivity index (χ0n) is 12.9. The minimum absolute atomic E-state index is 0.664. The van der Waals surface area contributed by atoms with Crippen molar-refractivity contribution < 1.29 is 0 Å². The Morgan fingerprint density at radius 2 is 1.95 bits per heavy atom. The Balaban J connectivity index is 1.76. The summed E-state index contributed by atoms with van der Waals surface area (Å²) in [4.78, 5) is 11.0. The Morgan fingerprint density at radius 1 is 1.25 bits per heavy atom. The van der Waals surface area contributed by atoms with E-state index in [1.165, 1.54) is 38.5 Å². The fourth-order valence-electron chi connectivity index (χ4n) is 2.89. The molecule has 4 heteroatoms. The van der Waals surface area contributed by atoms with Gasteiger partial charge in [-0.25, -0.2) is 9.97 Å². The van der Waals surface area contributed by atoms with Crippen molar-refractivity contribution >= 4 is 5.95 Å². The molecule has 0 saturated carbocycles. The average Bonchev–Trinajstić information content (AvgIpc) is 2.53. The lowest BCUT2D eigenvalue weighted by molar-refractivity contribution is 0.342. The SMILES string of the molecule is CCCCC(CC)NC1CCN(c2ncccn2)CC1. The lowest BCUT2D eigenvalue weighted by atomic mass is 10.0. The molecule has 1 unspecified atom stereocenters. The number of rotatable bonds is 7. The summed E-state index contributed by atoms with van der Waals surface area (Å²) < 4.78 is 0. The minimum atomic E-state index is 0.664. The second kappa shape index (κ2) is 8.20. The van der Waals surface area contributed by atoms with Gasteiger partial charge < -0.3 is 10.2 Å². The van der Waals surface area contributed by atoms with Gasteiger partial charge in [0.2, 0.25) is 5.95 Å². The van der Waals surface area contributed by atoms with Gasteiger partial charge in [-0.15, -0.1) is 0 Å². The second-order valence-electron chi connectivity index (χ2n) is 5.72. The minimum Gasteiger partial charge on any atom is -0.341 e. The van der Waals surface area contributed by atoms with Crippen molar-refractivity contribution in [3.05, 3.63) is 18.5 Å². The Labute approximate surface area is 123 Å². The molecule has 2 rings (SSSR count). The van der Waals surface area contributed by atoms with Crippen molar-refractivity contribution in [3.8, 4) is 0 Å². The molecule has 1 aliphatic heterocycles. The van der Waals surface area contributed by atoms with E-state index in [2.05, 4.69) is 34.0 Å². The van der Waals surface area contributed by atoms with Crippen LogP contribution in [0.25, 0.3) is 0 Å². The van der Waals surface area contributed by atoms with E-state index in [-0.39, 0.29) is 0 Å². The number of aromatic nitrogens is 2. The Bertz CT molecular complexity index is 360. The molecule has 0 aliphatic carbocycles. The number of nitrogens with zero attached hydrogens (tertiary/aromatic N) is 3. The quantitative estimate of drug-likeness (QED) is 0.831. The van der Waals surface area contributed by atoms with Gasteiger partial charge in [0, 0.05) is 37.6 Å². The largest absolute Gasteiger partial charge is 0.341 e. The molecule has 20 heavy (non-hydrogen) atoms. The number of piperidine rings is 1. The standard InChI is InChI=1S/C16H28N4/c1-3-5-7-14(4-2)19-15-8-12-20(13-9-15)16-17-10-6-11-18-16/h6,10-11,14-15,19H,3-5,7-9,12-13H2,1-2H3. The van der Waals surface area contributed by atoms with Crippen molar-refractivity contribution in [3.63, 3.8) is 0 Å². The summed E-state index contributed by atoms with van der Waals surface area (Å²) in [5, 5.41) is 3.84. The highest BCUT2D eigenvalue weighted by molar-refractivity contribution is 5.29. The number of hydrogen-bond donors (Lipinski definition) is 1. The third kappa shape index (κ3) is 4.44. The fraction of sp³-hybridized carbons (Fsp3) is 0.750. The molecule has 0 spiro atoms. The lowest BCUT2D eigenvalue weighted by Crippen LogP contribution is -2.46. The molecule has 1 aromatic heterocycles. The van der Waals surface area contributed by atoms with Gasteiger partial charge in [0.1, 0.15) is 0 Å². The molecule has 0 radical (unpaired) electrons. The van der Waals surface area contributed by atoms with Gasteiger partial charge in [-0.1, -0.05) is 26.7 Å².